The molecular formula is C24H27N3O2S. The van der Waals surface area contributed by atoms with Gasteiger partial charge < -0.3 is 9.47 Å². The van der Waals surface area contributed by atoms with Gasteiger partial charge in [0.1, 0.15) is 0 Å². The molecule has 0 saturated carbocycles. The highest BCUT2D eigenvalue weighted by Crippen LogP contribution is 2.23. The van der Waals surface area contributed by atoms with Crippen molar-refractivity contribution in [2.75, 3.05) is 31.1 Å². The van der Waals surface area contributed by atoms with Gasteiger partial charge in [-0.15, -0.1) is 0 Å². The molecule has 1 aromatic heterocycles. The fourth-order valence-corrected chi connectivity index (χ4v) is 4.83. The number of fused-ring (bicyclic) bond motifs is 2. The van der Waals surface area contributed by atoms with Gasteiger partial charge in [0.25, 0.3) is 0 Å². The van der Waals surface area contributed by atoms with Gasteiger partial charge in [-0.3, -0.25) is 4.72 Å². The third-order valence-corrected chi connectivity index (χ3v) is 6.64. The van der Waals surface area contributed by atoms with Gasteiger partial charge in [0.05, 0.1) is 5.75 Å². The summed E-state index contributed by atoms with van der Waals surface area (Å²) in [4.78, 5) is 2.14. The third-order valence-electron chi connectivity index (χ3n) is 5.35. The second-order valence-electron chi connectivity index (χ2n) is 7.90. The molecule has 0 aliphatic heterocycles. The average Bonchev–Trinajstić information content (AvgIpc) is 3.12. The molecule has 1 heterocycles. The molecule has 1 N–H and O–H groups in total. The Bertz CT molecular complexity index is 1270. The van der Waals surface area contributed by atoms with Gasteiger partial charge >= 0.3 is 0 Å². The molecular weight excluding hydrogens is 394 g/mol. The second-order valence-corrected chi connectivity index (χ2v) is 9.74. The van der Waals surface area contributed by atoms with Crippen LogP contribution >= 0.6 is 0 Å². The zero-order chi connectivity index (χ0) is 21.1. The fraction of sp³-hybridized carbons (Fsp3) is 0.250. The molecule has 0 aliphatic rings. The number of rotatable bonds is 8. The highest BCUT2D eigenvalue weighted by Gasteiger charge is 2.13. The van der Waals surface area contributed by atoms with Gasteiger partial charge in [-0.25, -0.2) is 8.42 Å². The summed E-state index contributed by atoms with van der Waals surface area (Å²) in [5, 5.41) is 3.27. The number of likely N-dealkylation sites (N-methyl/N-ethyl adjacent to an activating group) is 1. The van der Waals surface area contributed by atoms with Gasteiger partial charge in [0.2, 0.25) is 10.0 Å². The van der Waals surface area contributed by atoms with Crippen LogP contribution in [0.4, 0.5) is 5.69 Å². The molecule has 0 spiro atoms. The van der Waals surface area contributed by atoms with Gasteiger partial charge in [0.15, 0.2) is 0 Å². The molecule has 0 bridgehead atoms. The lowest BCUT2D eigenvalue weighted by Gasteiger charge is -2.12. The van der Waals surface area contributed by atoms with Crippen LogP contribution in [0.1, 0.15) is 5.56 Å². The van der Waals surface area contributed by atoms with Crippen LogP contribution in [0.3, 0.4) is 0 Å². The van der Waals surface area contributed by atoms with Crippen molar-refractivity contribution in [3.05, 3.63) is 78.5 Å². The highest BCUT2D eigenvalue weighted by molar-refractivity contribution is 7.92. The molecule has 0 radical (unpaired) electrons. The minimum absolute atomic E-state index is 0.0445. The normalized spacial score (nSPS) is 12.1. The lowest BCUT2D eigenvalue weighted by molar-refractivity contribution is 0.387. The Morgan fingerprint density at radius 2 is 1.73 bits per heavy atom. The molecule has 5 nitrogen and oxygen atoms in total. The number of nitrogens with one attached hydrogen (secondary N) is 1. The van der Waals surface area contributed by atoms with Crippen molar-refractivity contribution < 1.29 is 8.42 Å². The first kappa shape index (κ1) is 20.4. The molecule has 0 atom stereocenters. The smallest absolute Gasteiger partial charge is 0.233 e. The molecule has 0 unspecified atom stereocenters. The monoisotopic (exact) mass is 421 g/mol. The molecule has 156 valence electrons. The molecule has 6 heteroatoms. The van der Waals surface area contributed by atoms with Gasteiger partial charge in [-0.1, -0.05) is 42.5 Å². The maximum atomic E-state index is 12.7. The SMILES string of the molecule is CN(C)CCn1ccc2cc(NS(=O)(=O)CCc3cccc4ccccc34)ccc21. The first-order chi connectivity index (χ1) is 14.4. The first-order valence-electron chi connectivity index (χ1n) is 10.1. The third kappa shape index (κ3) is 4.66. The molecule has 0 fully saturated rings. The summed E-state index contributed by atoms with van der Waals surface area (Å²) in [6.07, 6.45) is 2.52. The van der Waals surface area contributed by atoms with Crippen molar-refractivity contribution in [1.82, 2.24) is 9.47 Å². The Kier molecular flexibility index (Phi) is 5.79. The Morgan fingerprint density at radius 3 is 2.57 bits per heavy atom. The van der Waals surface area contributed by atoms with E-state index in [2.05, 4.69) is 28.3 Å². The van der Waals surface area contributed by atoms with Crippen LogP contribution in [0, 0.1) is 0 Å². The van der Waals surface area contributed by atoms with Crippen LogP contribution in [0.15, 0.2) is 72.9 Å². The van der Waals surface area contributed by atoms with Gasteiger partial charge in [-0.05, 0) is 61.1 Å². The number of aryl methyl sites for hydroxylation is 1. The highest BCUT2D eigenvalue weighted by atomic mass is 32.2. The molecule has 30 heavy (non-hydrogen) atoms. The van der Waals surface area contributed by atoms with Crippen molar-refractivity contribution >= 4 is 37.4 Å². The van der Waals surface area contributed by atoms with Crippen molar-refractivity contribution in [2.24, 2.45) is 0 Å². The van der Waals surface area contributed by atoms with E-state index in [0.29, 0.717) is 12.1 Å². The van der Waals surface area contributed by atoms with Crippen LogP contribution in [0.2, 0.25) is 0 Å². The van der Waals surface area contributed by atoms with Crippen molar-refractivity contribution in [3.63, 3.8) is 0 Å². The number of benzene rings is 3. The molecule has 0 aliphatic carbocycles. The van der Waals surface area contributed by atoms with Crippen LogP contribution in [0.5, 0.6) is 0 Å². The molecule has 4 rings (SSSR count). The minimum Gasteiger partial charge on any atom is -0.346 e. The molecule has 3 aromatic carbocycles. The Labute approximate surface area is 178 Å². The van der Waals surface area contributed by atoms with E-state index in [-0.39, 0.29) is 5.75 Å². The van der Waals surface area contributed by atoms with Crippen LogP contribution in [-0.4, -0.2) is 44.3 Å². The fourth-order valence-electron chi connectivity index (χ4n) is 3.75. The maximum absolute atomic E-state index is 12.7. The van der Waals surface area contributed by atoms with Gasteiger partial charge in [0, 0.05) is 35.9 Å². The van der Waals surface area contributed by atoms with E-state index in [0.717, 1.165) is 40.3 Å². The predicted molar refractivity (Wildman–Crippen MR) is 126 cm³/mol. The Hall–Kier alpha value is -2.83. The Morgan fingerprint density at radius 1 is 0.933 bits per heavy atom. The zero-order valence-electron chi connectivity index (χ0n) is 17.4. The summed E-state index contributed by atoms with van der Waals surface area (Å²) in [5.41, 5.74) is 2.76. The summed E-state index contributed by atoms with van der Waals surface area (Å²) in [6, 6.07) is 21.8. The standard InChI is InChI=1S/C24H27N3O2S/c1-26(2)15-16-27-14-12-21-18-22(10-11-24(21)27)25-30(28,29)17-13-20-8-5-7-19-6-3-4-9-23(19)20/h3-12,14,18,25H,13,15-17H2,1-2H3. The van der Waals surface area contributed by atoms with E-state index in [9.17, 15) is 8.42 Å². The van der Waals surface area contributed by atoms with Crippen LogP contribution < -0.4 is 4.72 Å². The summed E-state index contributed by atoms with van der Waals surface area (Å²) < 4.78 is 30.3. The van der Waals surface area contributed by atoms with Crippen molar-refractivity contribution in [2.45, 2.75) is 13.0 Å². The summed E-state index contributed by atoms with van der Waals surface area (Å²) in [5.74, 6) is 0.0445. The number of anilines is 1. The van der Waals surface area contributed by atoms with Crippen molar-refractivity contribution in [3.8, 4) is 0 Å². The lowest BCUT2D eigenvalue weighted by atomic mass is 10.0. The molecule has 4 aromatic rings. The quantitative estimate of drug-likeness (QED) is 0.460. The maximum Gasteiger partial charge on any atom is 0.233 e. The average molecular weight is 422 g/mol. The number of hydrogen-bond donors (Lipinski definition) is 1. The van der Waals surface area contributed by atoms with E-state index < -0.39 is 10.0 Å². The van der Waals surface area contributed by atoms with Crippen LogP contribution in [-0.2, 0) is 23.0 Å². The number of aromatic nitrogens is 1. The molecule has 0 amide bonds. The van der Waals surface area contributed by atoms with E-state index in [1.807, 2.05) is 72.9 Å². The largest absolute Gasteiger partial charge is 0.346 e. The number of sulfonamides is 1. The number of hydrogen-bond acceptors (Lipinski definition) is 3. The van der Waals surface area contributed by atoms with Crippen molar-refractivity contribution in [1.29, 1.82) is 0 Å². The second kappa shape index (κ2) is 8.50. The van der Waals surface area contributed by atoms with Crippen LogP contribution in [0.25, 0.3) is 21.7 Å². The van der Waals surface area contributed by atoms with E-state index in [1.165, 1.54) is 0 Å². The Balaban J connectivity index is 1.47. The minimum atomic E-state index is -3.45. The topological polar surface area (TPSA) is 54.3 Å². The summed E-state index contributed by atoms with van der Waals surface area (Å²) in [6.45, 7) is 1.85. The van der Waals surface area contributed by atoms with E-state index in [1.54, 1.807) is 0 Å². The first-order valence-corrected chi connectivity index (χ1v) is 11.8. The van der Waals surface area contributed by atoms with E-state index in [4.69, 9.17) is 0 Å². The van der Waals surface area contributed by atoms with E-state index >= 15 is 0 Å². The van der Waals surface area contributed by atoms with Gasteiger partial charge in [-0.2, -0.15) is 0 Å². The summed E-state index contributed by atoms with van der Waals surface area (Å²) >= 11 is 0. The lowest BCUT2D eigenvalue weighted by Crippen LogP contribution is -2.18. The summed E-state index contributed by atoms with van der Waals surface area (Å²) in [7, 11) is 0.657. The number of nitrogens with zero attached hydrogens (tertiary/aromatic N) is 2. The zero-order valence-corrected chi connectivity index (χ0v) is 18.2. The molecule has 0 saturated heterocycles. The predicted octanol–water partition coefficient (Wildman–Crippen LogP) is 4.34.